The van der Waals surface area contributed by atoms with Crippen molar-refractivity contribution in [1.29, 1.82) is 0 Å². The first-order valence-electron chi connectivity index (χ1n) is 9.67. The van der Waals surface area contributed by atoms with Gasteiger partial charge in [0, 0.05) is 19.1 Å². The average Bonchev–Trinajstić information content (AvgIpc) is 2.73. The lowest BCUT2D eigenvalue weighted by Gasteiger charge is -2.14. The molecule has 3 aromatic carbocycles. The van der Waals surface area contributed by atoms with Crippen LogP contribution in [0, 0.1) is 0 Å². The van der Waals surface area contributed by atoms with Crippen molar-refractivity contribution < 1.29 is 0 Å². The summed E-state index contributed by atoms with van der Waals surface area (Å²) in [4.78, 5) is 0. The minimum atomic E-state index is 0.152. The number of benzene rings is 3. The Hall–Kier alpha value is -2.46. The van der Waals surface area contributed by atoms with Crippen LogP contribution in [0.4, 0.5) is 0 Å². The standard InChI is InChI=1S/C24H29N3/c25-13-7-12-24(26)18-27-17-19-14-22(20-8-3-1-4-9-20)16-23(15-19)21-10-5-2-6-11-21/h1-6,8-11,14-16,24,27H,7,12-13,17-18,25-26H2. The molecule has 140 valence electrons. The van der Waals surface area contributed by atoms with Crippen LogP contribution in [-0.2, 0) is 6.54 Å². The number of hydrogen-bond acceptors (Lipinski definition) is 3. The third-order valence-electron chi connectivity index (χ3n) is 4.72. The lowest BCUT2D eigenvalue weighted by molar-refractivity contribution is 0.531. The highest BCUT2D eigenvalue weighted by Gasteiger charge is 2.07. The van der Waals surface area contributed by atoms with Crippen LogP contribution in [-0.4, -0.2) is 19.1 Å². The zero-order valence-electron chi connectivity index (χ0n) is 15.8. The van der Waals surface area contributed by atoms with Gasteiger partial charge >= 0.3 is 0 Å². The zero-order valence-corrected chi connectivity index (χ0v) is 15.8. The summed E-state index contributed by atoms with van der Waals surface area (Å²) in [6, 6.07) is 28.0. The minimum Gasteiger partial charge on any atom is -0.330 e. The fourth-order valence-corrected chi connectivity index (χ4v) is 3.27. The summed E-state index contributed by atoms with van der Waals surface area (Å²) in [7, 11) is 0. The van der Waals surface area contributed by atoms with E-state index in [0.717, 1.165) is 25.9 Å². The molecule has 0 amide bonds. The molecule has 0 bridgehead atoms. The molecule has 0 fully saturated rings. The molecule has 3 rings (SSSR count). The average molecular weight is 360 g/mol. The first-order chi connectivity index (χ1) is 13.3. The molecule has 0 aliphatic rings. The molecule has 1 atom stereocenters. The second-order valence-corrected chi connectivity index (χ2v) is 6.97. The molecule has 3 heteroatoms. The van der Waals surface area contributed by atoms with Gasteiger partial charge in [-0.05, 0) is 65.4 Å². The van der Waals surface area contributed by atoms with E-state index in [1.807, 2.05) is 0 Å². The van der Waals surface area contributed by atoms with Crippen molar-refractivity contribution in [3.63, 3.8) is 0 Å². The zero-order chi connectivity index (χ0) is 18.9. The van der Waals surface area contributed by atoms with Crippen LogP contribution in [0.15, 0.2) is 78.9 Å². The molecule has 3 aromatic rings. The Labute approximate surface area is 162 Å². The maximum absolute atomic E-state index is 6.15. The maximum atomic E-state index is 6.15. The fourth-order valence-electron chi connectivity index (χ4n) is 3.27. The van der Waals surface area contributed by atoms with E-state index in [4.69, 9.17) is 11.5 Å². The molecule has 0 heterocycles. The minimum absolute atomic E-state index is 0.152. The summed E-state index contributed by atoms with van der Waals surface area (Å²) in [6.45, 7) is 2.31. The number of hydrogen-bond donors (Lipinski definition) is 3. The van der Waals surface area contributed by atoms with E-state index < -0.39 is 0 Å². The first kappa shape index (κ1) is 19.3. The Morgan fingerprint density at radius 3 is 1.81 bits per heavy atom. The van der Waals surface area contributed by atoms with Crippen LogP contribution in [0.25, 0.3) is 22.3 Å². The van der Waals surface area contributed by atoms with Crippen molar-refractivity contribution in [2.75, 3.05) is 13.1 Å². The van der Waals surface area contributed by atoms with Gasteiger partial charge in [-0.2, -0.15) is 0 Å². The van der Waals surface area contributed by atoms with Gasteiger partial charge in [-0.25, -0.2) is 0 Å². The molecule has 0 saturated carbocycles. The lowest BCUT2D eigenvalue weighted by atomic mass is 9.96. The van der Waals surface area contributed by atoms with E-state index in [1.54, 1.807) is 0 Å². The lowest BCUT2D eigenvalue weighted by Crippen LogP contribution is -2.33. The van der Waals surface area contributed by atoms with E-state index in [2.05, 4.69) is 84.2 Å². The maximum Gasteiger partial charge on any atom is 0.0206 e. The van der Waals surface area contributed by atoms with Crippen LogP contribution in [0.5, 0.6) is 0 Å². The monoisotopic (exact) mass is 359 g/mol. The fraction of sp³-hybridized carbons (Fsp3) is 0.250. The highest BCUT2D eigenvalue weighted by atomic mass is 14.9. The SMILES string of the molecule is NCCCC(N)CNCc1cc(-c2ccccc2)cc(-c2ccccc2)c1. The quantitative estimate of drug-likeness (QED) is 0.537. The third kappa shape index (κ3) is 5.76. The summed E-state index contributed by atoms with van der Waals surface area (Å²) in [5.74, 6) is 0. The van der Waals surface area contributed by atoms with Crippen molar-refractivity contribution >= 4 is 0 Å². The molecule has 0 aliphatic carbocycles. The molecule has 0 saturated heterocycles. The largest absolute Gasteiger partial charge is 0.330 e. The molecule has 3 nitrogen and oxygen atoms in total. The van der Waals surface area contributed by atoms with Crippen molar-refractivity contribution in [2.24, 2.45) is 11.5 Å². The third-order valence-corrected chi connectivity index (χ3v) is 4.72. The second-order valence-electron chi connectivity index (χ2n) is 6.97. The first-order valence-corrected chi connectivity index (χ1v) is 9.67. The smallest absolute Gasteiger partial charge is 0.0206 e. The summed E-state index contributed by atoms with van der Waals surface area (Å²) in [5, 5.41) is 3.50. The molecule has 0 radical (unpaired) electrons. The number of nitrogens with two attached hydrogens (primary N) is 2. The van der Waals surface area contributed by atoms with Crippen LogP contribution < -0.4 is 16.8 Å². The molecule has 0 aliphatic heterocycles. The van der Waals surface area contributed by atoms with E-state index >= 15 is 0 Å². The van der Waals surface area contributed by atoms with Gasteiger partial charge in [0.2, 0.25) is 0 Å². The van der Waals surface area contributed by atoms with E-state index in [1.165, 1.54) is 27.8 Å². The van der Waals surface area contributed by atoms with Crippen molar-refractivity contribution in [2.45, 2.75) is 25.4 Å². The van der Waals surface area contributed by atoms with E-state index in [9.17, 15) is 0 Å². The van der Waals surface area contributed by atoms with Gasteiger partial charge < -0.3 is 16.8 Å². The number of rotatable bonds is 9. The molecule has 5 N–H and O–H groups in total. The van der Waals surface area contributed by atoms with Gasteiger partial charge in [0.25, 0.3) is 0 Å². The molecular formula is C24H29N3. The van der Waals surface area contributed by atoms with Gasteiger partial charge in [-0.1, -0.05) is 60.7 Å². The van der Waals surface area contributed by atoms with Crippen molar-refractivity contribution in [3.05, 3.63) is 84.4 Å². The molecule has 1 unspecified atom stereocenters. The Balaban J connectivity index is 1.80. The highest BCUT2D eigenvalue weighted by molar-refractivity contribution is 5.74. The van der Waals surface area contributed by atoms with E-state index in [-0.39, 0.29) is 6.04 Å². The van der Waals surface area contributed by atoms with Crippen LogP contribution in [0.3, 0.4) is 0 Å². The Morgan fingerprint density at radius 2 is 1.30 bits per heavy atom. The van der Waals surface area contributed by atoms with Crippen LogP contribution in [0.1, 0.15) is 18.4 Å². The van der Waals surface area contributed by atoms with Crippen molar-refractivity contribution in [1.82, 2.24) is 5.32 Å². The summed E-state index contributed by atoms with van der Waals surface area (Å²) < 4.78 is 0. The second kappa shape index (κ2) is 10.0. The molecule has 27 heavy (non-hydrogen) atoms. The Morgan fingerprint density at radius 1 is 0.741 bits per heavy atom. The topological polar surface area (TPSA) is 64.1 Å². The molecule has 0 spiro atoms. The van der Waals surface area contributed by atoms with Gasteiger partial charge in [0.05, 0.1) is 0 Å². The Bertz CT molecular complexity index is 758. The Kier molecular flexibility index (Phi) is 7.17. The summed E-state index contributed by atoms with van der Waals surface area (Å²) >= 11 is 0. The van der Waals surface area contributed by atoms with Crippen LogP contribution in [0.2, 0.25) is 0 Å². The number of nitrogens with one attached hydrogen (secondary N) is 1. The normalized spacial score (nSPS) is 12.1. The van der Waals surface area contributed by atoms with Gasteiger partial charge in [-0.15, -0.1) is 0 Å². The predicted molar refractivity (Wildman–Crippen MR) is 115 cm³/mol. The van der Waals surface area contributed by atoms with Gasteiger partial charge in [-0.3, -0.25) is 0 Å². The molecule has 0 aromatic heterocycles. The van der Waals surface area contributed by atoms with Gasteiger partial charge in [0.15, 0.2) is 0 Å². The molecular weight excluding hydrogens is 330 g/mol. The predicted octanol–water partition coefficient (Wildman–Crippen LogP) is 4.18. The van der Waals surface area contributed by atoms with Gasteiger partial charge in [0.1, 0.15) is 0 Å². The summed E-state index contributed by atoms with van der Waals surface area (Å²) in [6.07, 6.45) is 1.94. The summed E-state index contributed by atoms with van der Waals surface area (Å²) in [5.41, 5.74) is 17.9. The van der Waals surface area contributed by atoms with Crippen LogP contribution >= 0.6 is 0 Å². The van der Waals surface area contributed by atoms with E-state index in [0.29, 0.717) is 6.54 Å². The highest BCUT2D eigenvalue weighted by Crippen LogP contribution is 2.28. The van der Waals surface area contributed by atoms with Crippen molar-refractivity contribution in [3.8, 4) is 22.3 Å².